The van der Waals surface area contributed by atoms with Gasteiger partial charge in [0.05, 0.1) is 0 Å². The van der Waals surface area contributed by atoms with Crippen molar-refractivity contribution in [2.45, 2.75) is 26.2 Å². The fourth-order valence-corrected chi connectivity index (χ4v) is 4.05. The van der Waals surface area contributed by atoms with Gasteiger partial charge in [0.2, 0.25) is 0 Å². The zero-order valence-electron chi connectivity index (χ0n) is 16.0. The van der Waals surface area contributed by atoms with Crippen molar-refractivity contribution in [2.24, 2.45) is 11.8 Å². The Kier molecular flexibility index (Phi) is 6.88. The minimum atomic E-state index is -0.826. The zero-order valence-corrected chi connectivity index (χ0v) is 16.0. The molecule has 2 saturated heterocycles. The third-order valence-electron chi connectivity index (χ3n) is 5.57. The number of rotatable bonds is 7. The molecule has 3 rings (SSSR count). The fourth-order valence-electron chi connectivity index (χ4n) is 4.05. The third kappa shape index (κ3) is 5.54. The lowest BCUT2D eigenvalue weighted by atomic mass is 10.1. The maximum Gasteiger partial charge on any atom is 0.314 e. The Morgan fingerprint density at radius 3 is 2.48 bits per heavy atom. The molecule has 0 unspecified atom stereocenters. The number of carbonyl (C=O) groups excluding carboxylic acids is 1. The van der Waals surface area contributed by atoms with Gasteiger partial charge in [0.1, 0.15) is 0 Å². The van der Waals surface area contributed by atoms with Crippen LogP contribution >= 0.6 is 0 Å². The average Bonchev–Trinajstić information content (AvgIpc) is 3.30. The van der Waals surface area contributed by atoms with Crippen LogP contribution in [0.3, 0.4) is 0 Å². The van der Waals surface area contributed by atoms with Gasteiger partial charge < -0.3 is 20.4 Å². The second-order valence-electron chi connectivity index (χ2n) is 7.75. The van der Waals surface area contributed by atoms with Gasteiger partial charge in [-0.05, 0) is 56.3 Å². The molecule has 150 valence electrons. The van der Waals surface area contributed by atoms with Gasteiger partial charge in [-0.1, -0.05) is 6.92 Å². The highest BCUT2D eigenvalue weighted by atomic mass is 19.2. The van der Waals surface area contributed by atoms with Crippen LogP contribution in [-0.4, -0.2) is 56.7 Å². The Morgan fingerprint density at radius 2 is 1.78 bits per heavy atom. The number of likely N-dealkylation sites (tertiary alicyclic amines) is 1. The maximum atomic E-state index is 13.4. The van der Waals surface area contributed by atoms with Gasteiger partial charge in [0.15, 0.2) is 11.6 Å². The van der Waals surface area contributed by atoms with E-state index in [1.165, 1.54) is 12.5 Å². The molecule has 5 nitrogen and oxygen atoms in total. The number of nitrogens with one attached hydrogen (secondary N) is 2. The highest BCUT2D eigenvalue weighted by molar-refractivity contribution is 5.73. The van der Waals surface area contributed by atoms with Crippen LogP contribution in [0.4, 0.5) is 19.3 Å². The van der Waals surface area contributed by atoms with Crippen molar-refractivity contribution in [3.05, 3.63) is 29.8 Å². The van der Waals surface area contributed by atoms with Crippen molar-refractivity contribution in [1.82, 2.24) is 15.5 Å². The van der Waals surface area contributed by atoms with Crippen LogP contribution in [0.5, 0.6) is 0 Å². The number of halogens is 2. The number of benzene rings is 1. The van der Waals surface area contributed by atoms with Crippen LogP contribution in [0.1, 0.15) is 26.2 Å². The van der Waals surface area contributed by atoms with E-state index in [2.05, 4.69) is 22.5 Å². The average molecular weight is 380 g/mol. The smallest absolute Gasteiger partial charge is 0.314 e. The monoisotopic (exact) mass is 380 g/mol. The van der Waals surface area contributed by atoms with Crippen molar-refractivity contribution >= 4 is 11.7 Å². The Hall–Kier alpha value is -1.89. The van der Waals surface area contributed by atoms with Crippen LogP contribution in [0.2, 0.25) is 0 Å². The summed E-state index contributed by atoms with van der Waals surface area (Å²) in [4.78, 5) is 16.5. The summed E-state index contributed by atoms with van der Waals surface area (Å²) < 4.78 is 26.5. The molecular formula is C20H30F2N4O. The molecule has 27 heavy (non-hydrogen) atoms. The van der Waals surface area contributed by atoms with Gasteiger partial charge in [-0.2, -0.15) is 0 Å². The lowest BCUT2D eigenvalue weighted by Crippen LogP contribution is -2.41. The van der Waals surface area contributed by atoms with Crippen molar-refractivity contribution in [3.8, 4) is 0 Å². The van der Waals surface area contributed by atoms with Crippen molar-refractivity contribution in [2.75, 3.05) is 50.7 Å². The minimum absolute atomic E-state index is 0.116. The topological polar surface area (TPSA) is 47.6 Å². The quantitative estimate of drug-likeness (QED) is 0.765. The first-order chi connectivity index (χ1) is 13.0. The van der Waals surface area contributed by atoms with Crippen LogP contribution in [0.25, 0.3) is 0 Å². The van der Waals surface area contributed by atoms with Crippen molar-refractivity contribution in [3.63, 3.8) is 0 Å². The summed E-state index contributed by atoms with van der Waals surface area (Å²) in [5.41, 5.74) is 0.693. The molecule has 7 heteroatoms. The number of urea groups is 1. The largest absolute Gasteiger partial charge is 0.371 e. The molecule has 1 aromatic rings. The highest BCUT2D eigenvalue weighted by Crippen LogP contribution is 2.25. The maximum absolute atomic E-state index is 13.4. The Balaban J connectivity index is 1.34. The second-order valence-corrected chi connectivity index (χ2v) is 7.75. The summed E-state index contributed by atoms with van der Waals surface area (Å²) in [5, 5.41) is 5.94. The zero-order chi connectivity index (χ0) is 19.2. The van der Waals surface area contributed by atoms with E-state index in [1.807, 2.05) is 4.90 Å². The lowest BCUT2D eigenvalue weighted by Gasteiger charge is -2.19. The molecule has 2 aliphatic rings. The molecule has 2 aliphatic heterocycles. The Labute approximate surface area is 160 Å². The van der Waals surface area contributed by atoms with Crippen molar-refractivity contribution < 1.29 is 13.6 Å². The van der Waals surface area contributed by atoms with Gasteiger partial charge in [-0.25, -0.2) is 13.6 Å². The summed E-state index contributed by atoms with van der Waals surface area (Å²) in [5.74, 6) is -0.793. The molecule has 0 bridgehead atoms. The van der Waals surface area contributed by atoms with Gasteiger partial charge in [0.25, 0.3) is 0 Å². The second kappa shape index (κ2) is 9.35. The summed E-state index contributed by atoms with van der Waals surface area (Å²) in [7, 11) is 0. The molecule has 0 saturated carbocycles. The molecule has 0 aliphatic carbocycles. The Bertz CT molecular complexity index is 642. The van der Waals surface area contributed by atoms with E-state index in [4.69, 9.17) is 0 Å². The molecule has 0 radical (unpaired) electrons. The molecule has 2 atom stereocenters. The minimum Gasteiger partial charge on any atom is -0.371 e. The van der Waals surface area contributed by atoms with Gasteiger partial charge >= 0.3 is 6.03 Å². The number of anilines is 1. The molecule has 2 fully saturated rings. The molecule has 2 amide bonds. The fraction of sp³-hybridized carbons (Fsp3) is 0.650. The molecule has 2 heterocycles. The molecule has 0 aromatic heterocycles. The van der Waals surface area contributed by atoms with E-state index < -0.39 is 11.6 Å². The van der Waals surface area contributed by atoms with E-state index in [-0.39, 0.29) is 6.03 Å². The number of nitrogens with zero attached hydrogens (tertiary/aromatic N) is 2. The van der Waals surface area contributed by atoms with E-state index in [0.29, 0.717) is 24.1 Å². The molecular weight excluding hydrogens is 350 g/mol. The van der Waals surface area contributed by atoms with Crippen LogP contribution in [-0.2, 0) is 0 Å². The first-order valence-electron chi connectivity index (χ1n) is 9.99. The summed E-state index contributed by atoms with van der Waals surface area (Å²) in [6, 6.07) is 3.88. The van der Waals surface area contributed by atoms with Gasteiger partial charge in [0, 0.05) is 44.5 Å². The molecule has 2 N–H and O–H groups in total. The van der Waals surface area contributed by atoms with Gasteiger partial charge in [-0.3, -0.25) is 0 Å². The summed E-state index contributed by atoms with van der Waals surface area (Å²) in [6.07, 6.45) is 3.24. The van der Waals surface area contributed by atoms with E-state index in [0.717, 1.165) is 58.2 Å². The predicted molar refractivity (Wildman–Crippen MR) is 103 cm³/mol. The van der Waals surface area contributed by atoms with Crippen molar-refractivity contribution in [1.29, 1.82) is 0 Å². The number of carbonyl (C=O) groups is 1. The first kappa shape index (κ1) is 19.9. The molecule has 0 spiro atoms. The highest BCUT2D eigenvalue weighted by Gasteiger charge is 2.25. The summed E-state index contributed by atoms with van der Waals surface area (Å²) in [6.45, 7) is 8.36. The summed E-state index contributed by atoms with van der Waals surface area (Å²) >= 11 is 0. The number of hydrogen-bond acceptors (Lipinski definition) is 3. The van der Waals surface area contributed by atoms with Crippen LogP contribution in [0, 0.1) is 23.5 Å². The normalized spacial score (nSPS) is 23.0. The first-order valence-corrected chi connectivity index (χ1v) is 9.99. The standard InChI is InChI=1S/C20H30F2N4O/c1-2-7-25-8-5-15(13-25)11-23-20(27)24-12-16-6-9-26(14-16)17-3-4-18(21)19(22)10-17/h3-4,10,15-16H,2,5-9,11-14H2,1H3,(H2,23,24,27)/t15-,16-/m1/s1. The van der Waals surface area contributed by atoms with Crippen LogP contribution < -0.4 is 15.5 Å². The van der Waals surface area contributed by atoms with E-state index >= 15 is 0 Å². The number of amides is 2. The Morgan fingerprint density at radius 1 is 1.07 bits per heavy atom. The lowest BCUT2D eigenvalue weighted by molar-refractivity contribution is 0.237. The predicted octanol–water partition coefficient (Wildman–Crippen LogP) is 2.82. The van der Waals surface area contributed by atoms with Crippen LogP contribution in [0.15, 0.2) is 18.2 Å². The third-order valence-corrected chi connectivity index (χ3v) is 5.57. The van der Waals surface area contributed by atoms with Gasteiger partial charge in [-0.15, -0.1) is 0 Å². The SMILES string of the molecule is CCCN1CC[C@H](CNC(=O)NC[C@H]2CCN(c3ccc(F)c(F)c3)C2)C1. The molecule has 1 aromatic carbocycles. The number of hydrogen-bond donors (Lipinski definition) is 2. The van der Waals surface area contributed by atoms with E-state index in [9.17, 15) is 13.6 Å². The van der Waals surface area contributed by atoms with E-state index in [1.54, 1.807) is 6.07 Å².